The maximum atomic E-state index is 12.9. The van der Waals surface area contributed by atoms with E-state index in [1.165, 1.54) is 51.4 Å². The summed E-state index contributed by atoms with van der Waals surface area (Å²) in [5.41, 5.74) is 0. The van der Waals surface area contributed by atoms with E-state index in [-0.39, 0.29) is 44.0 Å². The van der Waals surface area contributed by atoms with Crippen LogP contribution in [-0.2, 0) is 28.6 Å². The number of rotatable bonds is 54. The van der Waals surface area contributed by atoms with Gasteiger partial charge in [-0.25, -0.2) is 0 Å². The number of carbonyl (C=O) groups excluding carboxylic acids is 3. The normalized spacial score (nSPS) is 13.4. The van der Waals surface area contributed by atoms with Crippen molar-refractivity contribution in [2.24, 2.45) is 0 Å². The molecule has 0 aliphatic carbocycles. The fourth-order valence-corrected chi connectivity index (χ4v) is 7.82. The highest BCUT2D eigenvalue weighted by atomic mass is 16.6. The van der Waals surface area contributed by atoms with Crippen LogP contribution in [0.2, 0.25) is 0 Å². The van der Waals surface area contributed by atoms with Gasteiger partial charge in [0.25, 0.3) is 0 Å². The quantitative estimate of drug-likeness (QED) is 0.0261. The molecule has 440 valence electrons. The molecule has 0 N–H and O–H groups in total. The highest BCUT2D eigenvalue weighted by Crippen LogP contribution is 2.14. The standard InChI is InChI=1S/C73H112O6/c1-4-7-10-13-16-19-22-25-28-31-33-35-36-38-39-42-45-48-51-54-57-60-63-66-72(75)78-69-70(68-77-71(74)65-62-59-56-53-50-47-44-41-30-27-24-21-18-15-12-9-6-3)79-73(76)67-64-61-58-55-52-49-46-43-40-37-34-32-29-26-23-20-17-14-11-8-5-2/h7-12,16-21,25-30,33-35,37,43-44,46-47,52-53,55-56,70H,4-6,13-15,22-24,31-32,36,38-42,45,48-51,54,57-69H2,1-3H3/b10-7-,11-8-,12-9-,19-16-,20-17-,21-18-,28-25-,29-26-,30-27-,35-33-,37-34-,46-43-,47-44-,55-52-,56-53-. The minimum absolute atomic E-state index is 0.125. The zero-order valence-electron chi connectivity index (χ0n) is 50.3. The van der Waals surface area contributed by atoms with Crippen LogP contribution in [0.4, 0.5) is 0 Å². The Kier molecular flexibility index (Phi) is 60.5. The molecule has 6 nitrogen and oxygen atoms in total. The first-order chi connectivity index (χ1) is 39.0. The van der Waals surface area contributed by atoms with Gasteiger partial charge in [-0.1, -0.05) is 254 Å². The Morgan fingerprint density at radius 3 is 0.785 bits per heavy atom. The summed E-state index contributed by atoms with van der Waals surface area (Å²) >= 11 is 0. The maximum absolute atomic E-state index is 12.9. The molecule has 0 aliphatic heterocycles. The zero-order chi connectivity index (χ0) is 57.1. The van der Waals surface area contributed by atoms with E-state index in [0.717, 1.165) is 135 Å². The Labute approximate surface area is 484 Å². The van der Waals surface area contributed by atoms with Crippen molar-refractivity contribution in [2.45, 2.75) is 245 Å². The number of carbonyl (C=O) groups is 3. The van der Waals surface area contributed by atoms with Crippen LogP contribution in [0.1, 0.15) is 239 Å². The molecule has 0 spiro atoms. The Hall–Kier alpha value is -5.49. The van der Waals surface area contributed by atoms with Gasteiger partial charge in [-0.15, -0.1) is 0 Å². The Balaban J connectivity index is 4.57. The highest BCUT2D eigenvalue weighted by Gasteiger charge is 2.19. The Morgan fingerprint density at radius 2 is 0.468 bits per heavy atom. The van der Waals surface area contributed by atoms with Crippen LogP contribution in [0.3, 0.4) is 0 Å². The molecule has 0 bridgehead atoms. The summed E-state index contributed by atoms with van der Waals surface area (Å²) in [6.07, 6.45) is 97.5. The average molecular weight is 1090 g/mol. The van der Waals surface area contributed by atoms with Crippen LogP contribution in [-0.4, -0.2) is 37.2 Å². The van der Waals surface area contributed by atoms with Gasteiger partial charge < -0.3 is 14.2 Å². The molecule has 6 heteroatoms. The summed E-state index contributed by atoms with van der Waals surface area (Å²) in [5, 5.41) is 0. The van der Waals surface area contributed by atoms with Crippen LogP contribution in [0, 0.1) is 0 Å². The number of ether oxygens (including phenoxy) is 3. The molecule has 1 atom stereocenters. The van der Waals surface area contributed by atoms with E-state index < -0.39 is 6.10 Å². The third-order valence-electron chi connectivity index (χ3n) is 12.4. The van der Waals surface area contributed by atoms with Gasteiger partial charge in [-0.05, 0) is 148 Å². The van der Waals surface area contributed by atoms with Crippen molar-refractivity contribution in [3.63, 3.8) is 0 Å². The van der Waals surface area contributed by atoms with Crippen molar-refractivity contribution in [1.29, 1.82) is 0 Å². The van der Waals surface area contributed by atoms with E-state index in [4.69, 9.17) is 14.2 Å². The summed E-state index contributed by atoms with van der Waals surface area (Å²) in [6, 6.07) is 0. The van der Waals surface area contributed by atoms with Gasteiger partial charge >= 0.3 is 17.9 Å². The predicted octanol–water partition coefficient (Wildman–Crippen LogP) is 21.7. The van der Waals surface area contributed by atoms with Crippen molar-refractivity contribution in [1.82, 2.24) is 0 Å². The minimum Gasteiger partial charge on any atom is -0.462 e. The second-order valence-electron chi connectivity index (χ2n) is 19.8. The van der Waals surface area contributed by atoms with E-state index in [1.54, 1.807) is 0 Å². The molecule has 0 fully saturated rings. The Morgan fingerprint density at radius 1 is 0.253 bits per heavy atom. The summed E-state index contributed by atoms with van der Waals surface area (Å²) in [6.45, 7) is 6.20. The van der Waals surface area contributed by atoms with Gasteiger partial charge in [-0.2, -0.15) is 0 Å². The molecule has 0 saturated carbocycles. The topological polar surface area (TPSA) is 78.9 Å². The second-order valence-corrected chi connectivity index (χ2v) is 19.8. The predicted molar refractivity (Wildman–Crippen MR) is 343 cm³/mol. The second kappa shape index (κ2) is 65.0. The molecule has 0 aromatic rings. The van der Waals surface area contributed by atoms with Crippen molar-refractivity contribution in [3.05, 3.63) is 182 Å². The molecule has 0 saturated heterocycles. The van der Waals surface area contributed by atoms with Gasteiger partial charge in [-0.3, -0.25) is 14.4 Å². The molecule has 1 unspecified atom stereocenters. The first-order valence-electron chi connectivity index (χ1n) is 31.3. The SMILES string of the molecule is CC/C=C\C/C=C\C/C=C\C/C=C\C/C=C\C/C=C\CCCCC(=O)OC(COC(=O)CCC/C=C\C/C=C\C/C=C\C/C=C\C/C=C\CC)COC(=O)CCCCCCCCCCCC/C=C\C/C=C\C/C=C\C/C=C\CC. The molecule has 0 heterocycles. The molecule has 0 amide bonds. The van der Waals surface area contributed by atoms with Gasteiger partial charge in [0.15, 0.2) is 6.10 Å². The number of unbranched alkanes of at least 4 members (excludes halogenated alkanes) is 13. The van der Waals surface area contributed by atoms with Crippen LogP contribution in [0.5, 0.6) is 0 Å². The van der Waals surface area contributed by atoms with Crippen LogP contribution in [0.25, 0.3) is 0 Å². The average Bonchev–Trinajstić information content (AvgIpc) is 3.45. The lowest BCUT2D eigenvalue weighted by Gasteiger charge is -2.18. The summed E-state index contributed by atoms with van der Waals surface area (Å²) < 4.78 is 16.8. The van der Waals surface area contributed by atoms with Crippen molar-refractivity contribution >= 4 is 17.9 Å². The number of hydrogen-bond donors (Lipinski definition) is 0. The highest BCUT2D eigenvalue weighted by molar-refractivity contribution is 5.71. The third kappa shape index (κ3) is 63.2. The van der Waals surface area contributed by atoms with Gasteiger partial charge in [0.05, 0.1) is 0 Å². The van der Waals surface area contributed by atoms with Gasteiger partial charge in [0, 0.05) is 19.3 Å². The minimum atomic E-state index is -0.838. The zero-order valence-corrected chi connectivity index (χ0v) is 50.3. The van der Waals surface area contributed by atoms with E-state index in [1.807, 2.05) is 0 Å². The van der Waals surface area contributed by atoms with E-state index in [9.17, 15) is 14.4 Å². The number of hydrogen-bond acceptors (Lipinski definition) is 6. The molecule has 79 heavy (non-hydrogen) atoms. The molecular weight excluding hydrogens is 973 g/mol. The number of allylic oxidation sites excluding steroid dienone is 30. The van der Waals surface area contributed by atoms with Crippen molar-refractivity contribution in [2.75, 3.05) is 13.2 Å². The van der Waals surface area contributed by atoms with Crippen molar-refractivity contribution < 1.29 is 28.6 Å². The lowest BCUT2D eigenvalue weighted by atomic mass is 10.1. The summed E-state index contributed by atoms with van der Waals surface area (Å²) in [7, 11) is 0. The van der Waals surface area contributed by atoms with Crippen LogP contribution >= 0.6 is 0 Å². The first kappa shape index (κ1) is 73.5. The first-order valence-corrected chi connectivity index (χ1v) is 31.3. The van der Waals surface area contributed by atoms with E-state index >= 15 is 0 Å². The van der Waals surface area contributed by atoms with Crippen LogP contribution in [0.15, 0.2) is 182 Å². The smallest absolute Gasteiger partial charge is 0.306 e. The maximum Gasteiger partial charge on any atom is 0.306 e. The van der Waals surface area contributed by atoms with Crippen LogP contribution < -0.4 is 0 Å². The van der Waals surface area contributed by atoms with E-state index in [0.29, 0.717) is 19.3 Å². The molecule has 0 aliphatic rings. The summed E-state index contributed by atoms with van der Waals surface area (Å²) in [4.78, 5) is 38.3. The molecule has 0 rings (SSSR count). The molecule has 0 aromatic carbocycles. The molecule has 0 aromatic heterocycles. The lowest BCUT2D eigenvalue weighted by molar-refractivity contribution is -0.167. The van der Waals surface area contributed by atoms with E-state index in [2.05, 4.69) is 203 Å². The van der Waals surface area contributed by atoms with Gasteiger partial charge in [0.1, 0.15) is 13.2 Å². The molecule has 0 radical (unpaired) electrons. The number of esters is 3. The third-order valence-corrected chi connectivity index (χ3v) is 12.4. The lowest BCUT2D eigenvalue weighted by Crippen LogP contribution is -2.30. The Bertz CT molecular complexity index is 1870. The monoisotopic (exact) mass is 1080 g/mol. The fraction of sp³-hybridized carbons (Fsp3) is 0.548. The van der Waals surface area contributed by atoms with Gasteiger partial charge in [0.2, 0.25) is 0 Å². The molecular formula is C73H112O6. The fourth-order valence-electron chi connectivity index (χ4n) is 7.82. The summed E-state index contributed by atoms with van der Waals surface area (Å²) in [5.74, 6) is -1.04. The largest absolute Gasteiger partial charge is 0.462 e. The van der Waals surface area contributed by atoms with Crippen molar-refractivity contribution in [3.8, 4) is 0 Å².